The van der Waals surface area contributed by atoms with E-state index in [1.807, 2.05) is 20.8 Å². The van der Waals surface area contributed by atoms with Gasteiger partial charge in [-0.3, -0.25) is 4.79 Å². The van der Waals surface area contributed by atoms with Crippen molar-refractivity contribution in [2.75, 3.05) is 32.2 Å². The fourth-order valence-electron chi connectivity index (χ4n) is 2.53. The zero-order valence-corrected chi connectivity index (χ0v) is 17.4. The Labute approximate surface area is 170 Å². The van der Waals surface area contributed by atoms with Gasteiger partial charge < -0.3 is 24.3 Å². The molecule has 7 heteroatoms. The van der Waals surface area contributed by atoms with Crippen LogP contribution in [-0.4, -0.2) is 32.8 Å². The third-order valence-electron chi connectivity index (χ3n) is 3.75. The van der Waals surface area contributed by atoms with Crippen LogP contribution in [0.1, 0.15) is 37.6 Å². The van der Waals surface area contributed by atoms with Crippen LogP contribution < -0.4 is 24.3 Å². The molecule has 2 rings (SSSR count). The Morgan fingerprint density at radius 2 is 1.75 bits per heavy atom. The number of methoxy groups -OCH3 is 1. The molecule has 2 aromatic rings. The van der Waals surface area contributed by atoms with Crippen LogP contribution in [-0.2, 0) is 0 Å². The number of carbonyl (C=O) groups excluding carboxylic acids is 1. The van der Waals surface area contributed by atoms with Crippen molar-refractivity contribution < 1.29 is 23.7 Å². The van der Waals surface area contributed by atoms with Crippen molar-refractivity contribution >= 4 is 23.2 Å². The van der Waals surface area contributed by atoms with E-state index in [9.17, 15) is 4.79 Å². The highest BCUT2D eigenvalue weighted by molar-refractivity contribution is 6.32. The molecule has 28 heavy (non-hydrogen) atoms. The molecule has 0 heterocycles. The van der Waals surface area contributed by atoms with Gasteiger partial charge in [-0.25, -0.2) is 0 Å². The van der Waals surface area contributed by atoms with Gasteiger partial charge in [0, 0.05) is 11.6 Å². The van der Waals surface area contributed by atoms with E-state index in [1.165, 1.54) is 7.11 Å². The lowest BCUT2D eigenvalue weighted by Gasteiger charge is -2.15. The number of amides is 1. The van der Waals surface area contributed by atoms with E-state index >= 15 is 0 Å². The van der Waals surface area contributed by atoms with Crippen LogP contribution in [0, 0.1) is 0 Å². The molecule has 0 aliphatic rings. The molecule has 0 fully saturated rings. The fourth-order valence-corrected chi connectivity index (χ4v) is 2.80. The van der Waals surface area contributed by atoms with Crippen LogP contribution in [0.3, 0.4) is 0 Å². The molecule has 0 saturated heterocycles. The first kappa shape index (κ1) is 21.7. The quantitative estimate of drug-likeness (QED) is 0.587. The predicted octanol–water partition coefficient (Wildman–Crippen LogP) is 5.19. The first-order valence-corrected chi connectivity index (χ1v) is 9.63. The largest absolute Gasteiger partial charge is 0.494 e. The average Bonchev–Trinajstić information content (AvgIpc) is 2.68. The first-order chi connectivity index (χ1) is 13.5. The zero-order chi connectivity index (χ0) is 20.5. The second kappa shape index (κ2) is 10.7. The summed E-state index contributed by atoms with van der Waals surface area (Å²) in [6.45, 7) is 7.26. The highest BCUT2D eigenvalue weighted by Gasteiger charge is 2.17. The Morgan fingerprint density at radius 1 is 1.00 bits per heavy atom. The number of hydrogen-bond acceptors (Lipinski definition) is 5. The van der Waals surface area contributed by atoms with Crippen LogP contribution in [0.4, 0.5) is 5.69 Å². The van der Waals surface area contributed by atoms with Gasteiger partial charge in [0.1, 0.15) is 11.5 Å². The van der Waals surface area contributed by atoms with Crippen LogP contribution in [0.25, 0.3) is 0 Å². The van der Waals surface area contributed by atoms with Crippen molar-refractivity contribution in [2.45, 2.75) is 27.2 Å². The molecule has 0 bridgehead atoms. The summed E-state index contributed by atoms with van der Waals surface area (Å²) in [4.78, 5) is 12.8. The van der Waals surface area contributed by atoms with Gasteiger partial charge in [-0.1, -0.05) is 18.5 Å². The fraction of sp³-hybridized carbons (Fsp3) is 0.381. The van der Waals surface area contributed by atoms with Crippen LogP contribution in [0.15, 0.2) is 30.3 Å². The van der Waals surface area contributed by atoms with E-state index in [0.29, 0.717) is 59.1 Å². The molecule has 152 valence electrons. The van der Waals surface area contributed by atoms with Crippen molar-refractivity contribution in [3.63, 3.8) is 0 Å². The molecule has 6 nitrogen and oxygen atoms in total. The Kier molecular flexibility index (Phi) is 8.26. The van der Waals surface area contributed by atoms with Gasteiger partial charge in [-0.15, -0.1) is 0 Å². The maximum atomic E-state index is 12.8. The van der Waals surface area contributed by atoms with E-state index in [1.54, 1.807) is 30.3 Å². The molecule has 0 atom stereocenters. The van der Waals surface area contributed by atoms with Gasteiger partial charge in [0.15, 0.2) is 11.5 Å². The molecule has 2 aromatic carbocycles. The van der Waals surface area contributed by atoms with Crippen LogP contribution in [0.2, 0.25) is 5.02 Å². The summed E-state index contributed by atoms with van der Waals surface area (Å²) in [7, 11) is 1.50. The number of halogens is 1. The highest BCUT2D eigenvalue weighted by atomic mass is 35.5. The minimum Gasteiger partial charge on any atom is -0.494 e. The van der Waals surface area contributed by atoms with Crippen molar-refractivity contribution in [2.24, 2.45) is 0 Å². The number of hydrogen-bond donors (Lipinski definition) is 1. The van der Waals surface area contributed by atoms with Crippen molar-refractivity contribution in [1.29, 1.82) is 0 Å². The normalized spacial score (nSPS) is 10.3. The van der Waals surface area contributed by atoms with E-state index in [0.717, 1.165) is 6.42 Å². The second-order valence-corrected chi connectivity index (χ2v) is 6.22. The van der Waals surface area contributed by atoms with E-state index in [-0.39, 0.29) is 5.91 Å². The summed E-state index contributed by atoms with van der Waals surface area (Å²) in [6, 6.07) is 8.43. The number of nitrogens with one attached hydrogen (secondary N) is 1. The SMILES string of the molecule is CCCOc1c(Cl)cc(C(=O)Nc2cc(OCC)ccc2OCC)cc1OC. The molecule has 0 aliphatic heterocycles. The van der Waals surface area contributed by atoms with Gasteiger partial charge in [-0.05, 0) is 44.5 Å². The van der Waals surface area contributed by atoms with E-state index in [2.05, 4.69) is 5.32 Å². The molecule has 1 N–H and O–H groups in total. The maximum Gasteiger partial charge on any atom is 0.255 e. The number of benzene rings is 2. The Hall–Kier alpha value is -2.60. The standard InChI is InChI=1S/C21H26ClNO5/c1-5-10-28-20-16(22)11-14(12-19(20)25-4)21(24)23-17-13-15(26-6-2)8-9-18(17)27-7-3/h8-9,11-13H,5-7,10H2,1-4H3,(H,23,24). The summed E-state index contributed by atoms with van der Waals surface area (Å²) in [5.41, 5.74) is 0.856. The van der Waals surface area contributed by atoms with E-state index in [4.69, 9.17) is 30.5 Å². The minimum atomic E-state index is -0.350. The van der Waals surface area contributed by atoms with Gasteiger partial charge in [0.05, 0.1) is 37.6 Å². The third-order valence-corrected chi connectivity index (χ3v) is 4.03. The Bertz CT molecular complexity index is 810. The molecule has 0 aromatic heterocycles. The Balaban J connectivity index is 2.31. The predicted molar refractivity (Wildman–Crippen MR) is 111 cm³/mol. The van der Waals surface area contributed by atoms with Crippen molar-refractivity contribution in [3.05, 3.63) is 40.9 Å². The number of anilines is 1. The lowest BCUT2D eigenvalue weighted by atomic mass is 10.1. The monoisotopic (exact) mass is 407 g/mol. The van der Waals surface area contributed by atoms with Gasteiger partial charge in [0.2, 0.25) is 0 Å². The second-order valence-electron chi connectivity index (χ2n) is 5.82. The van der Waals surface area contributed by atoms with Crippen LogP contribution in [0.5, 0.6) is 23.0 Å². The van der Waals surface area contributed by atoms with Crippen molar-refractivity contribution in [3.8, 4) is 23.0 Å². The average molecular weight is 408 g/mol. The zero-order valence-electron chi connectivity index (χ0n) is 16.6. The van der Waals surface area contributed by atoms with E-state index < -0.39 is 0 Å². The first-order valence-electron chi connectivity index (χ1n) is 9.25. The van der Waals surface area contributed by atoms with Crippen LogP contribution >= 0.6 is 11.6 Å². The summed E-state index contributed by atoms with van der Waals surface area (Å²) in [5, 5.41) is 3.16. The maximum absolute atomic E-state index is 12.8. The summed E-state index contributed by atoms with van der Waals surface area (Å²) < 4.78 is 22.1. The summed E-state index contributed by atoms with van der Waals surface area (Å²) in [6.07, 6.45) is 0.831. The lowest BCUT2D eigenvalue weighted by molar-refractivity contribution is 0.102. The topological polar surface area (TPSA) is 66.0 Å². The summed E-state index contributed by atoms with van der Waals surface area (Å²) in [5.74, 6) is 1.67. The number of rotatable bonds is 10. The van der Waals surface area contributed by atoms with Gasteiger partial charge >= 0.3 is 0 Å². The number of carbonyl (C=O) groups is 1. The summed E-state index contributed by atoms with van der Waals surface area (Å²) >= 11 is 6.31. The van der Waals surface area contributed by atoms with Gasteiger partial charge in [-0.2, -0.15) is 0 Å². The molecule has 0 radical (unpaired) electrons. The number of ether oxygens (including phenoxy) is 4. The molecular formula is C21H26ClNO5. The van der Waals surface area contributed by atoms with Crippen molar-refractivity contribution in [1.82, 2.24) is 0 Å². The highest BCUT2D eigenvalue weighted by Crippen LogP contribution is 2.37. The molecule has 0 spiro atoms. The smallest absolute Gasteiger partial charge is 0.255 e. The Morgan fingerprint density at radius 3 is 2.39 bits per heavy atom. The van der Waals surface area contributed by atoms with Gasteiger partial charge in [0.25, 0.3) is 5.91 Å². The molecule has 0 aliphatic carbocycles. The molecule has 0 unspecified atom stereocenters. The molecule has 0 saturated carbocycles. The molecule has 1 amide bonds. The molecular weight excluding hydrogens is 382 g/mol. The minimum absolute atomic E-state index is 0.311. The lowest BCUT2D eigenvalue weighted by Crippen LogP contribution is -2.14. The third kappa shape index (κ3) is 5.45.